The van der Waals surface area contributed by atoms with Crippen LogP contribution in [0.2, 0.25) is 0 Å². The lowest BCUT2D eigenvalue weighted by Gasteiger charge is -2.07. The molecule has 0 fully saturated rings. The molecular weight excluding hydrogens is 252 g/mol. The molecule has 0 spiro atoms. The van der Waals surface area contributed by atoms with E-state index >= 15 is 0 Å². The lowest BCUT2D eigenvalue weighted by molar-refractivity contribution is 0.475. The first-order valence-corrected chi connectivity index (χ1v) is 6.28. The van der Waals surface area contributed by atoms with E-state index in [4.69, 9.17) is 0 Å². The molecule has 0 aliphatic rings. The van der Waals surface area contributed by atoms with E-state index in [1.165, 1.54) is 0 Å². The van der Waals surface area contributed by atoms with Crippen LogP contribution in [0.1, 0.15) is 5.56 Å². The average molecular weight is 266 g/mol. The van der Waals surface area contributed by atoms with Crippen molar-refractivity contribution in [2.24, 2.45) is 0 Å². The molecule has 0 radical (unpaired) electrons. The first kappa shape index (κ1) is 12.2. The van der Waals surface area contributed by atoms with E-state index in [-0.39, 0.29) is 5.75 Å². The van der Waals surface area contributed by atoms with Crippen LogP contribution < -0.4 is 5.32 Å². The summed E-state index contributed by atoms with van der Waals surface area (Å²) in [7, 11) is 0. The summed E-state index contributed by atoms with van der Waals surface area (Å²) in [6, 6.07) is 10.9. The van der Waals surface area contributed by atoms with Crippen LogP contribution in [0.25, 0.3) is 11.3 Å². The second-order valence-corrected chi connectivity index (χ2v) is 4.42. The number of aromatic amines is 1. The van der Waals surface area contributed by atoms with Crippen LogP contribution in [-0.4, -0.2) is 20.3 Å². The normalized spacial score (nSPS) is 10.4. The topological polar surface area (TPSA) is 73.8 Å². The zero-order valence-electron chi connectivity index (χ0n) is 10.7. The predicted molar refractivity (Wildman–Crippen MR) is 77.3 cm³/mol. The van der Waals surface area contributed by atoms with E-state index < -0.39 is 0 Å². The minimum absolute atomic E-state index is 0.245. The molecule has 0 unspecified atom stereocenters. The number of aromatic hydroxyl groups is 1. The third-order valence-corrected chi connectivity index (χ3v) is 3.00. The van der Waals surface area contributed by atoms with E-state index in [9.17, 15) is 5.11 Å². The number of hydrogen-bond acceptors (Lipinski definition) is 4. The molecule has 5 nitrogen and oxygen atoms in total. The van der Waals surface area contributed by atoms with Crippen molar-refractivity contribution in [1.29, 1.82) is 0 Å². The van der Waals surface area contributed by atoms with E-state index in [0.717, 1.165) is 22.5 Å². The predicted octanol–water partition coefficient (Wildman–Crippen LogP) is 2.79. The molecule has 0 saturated carbocycles. The molecule has 3 aromatic rings. The van der Waals surface area contributed by atoms with Crippen LogP contribution >= 0.6 is 0 Å². The molecule has 0 aliphatic carbocycles. The van der Waals surface area contributed by atoms with E-state index in [1.807, 2.05) is 18.2 Å². The molecule has 3 N–H and O–H groups in total. The van der Waals surface area contributed by atoms with Crippen LogP contribution in [0.15, 0.2) is 55.0 Å². The van der Waals surface area contributed by atoms with Crippen molar-refractivity contribution < 1.29 is 5.11 Å². The summed E-state index contributed by atoms with van der Waals surface area (Å²) in [5.74, 6) is 0.245. The Bertz CT molecular complexity index is 694. The molecule has 0 aliphatic heterocycles. The number of phenolic OH excluding ortho intramolecular Hbond substituents is 1. The number of phenols is 1. The van der Waals surface area contributed by atoms with Gasteiger partial charge in [-0.15, -0.1) is 0 Å². The number of rotatable bonds is 4. The van der Waals surface area contributed by atoms with Crippen LogP contribution in [0.5, 0.6) is 5.75 Å². The number of H-pyrrole nitrogens is 1. The average Bonchev–Trinajstić information content (AvgIpc) is 2.95. The molecule has 2 heterocycles. The van der Waals surface area contributed by atoms with Crippen LogP contribution in [-0.2, 0) is 6.54 Å². The second kappa shape index (κ2) is 5.44. The van der Waals surface area contributed by atoms with Crippen LogP contribution in [0.3, 0.4) is 0 Å². The van der Waals surface area contributed by atoms with E-state index in [0.29, 0.717) is 6.54 Å². The Balaban J connectivity index is 1.78. The number of hydrogen-bond donors (Lipinski definition) is 3. The fourth-order valence-corrected chi connectivity index (χ4v) is 2.02. The van der Waals surface area contributed by atoms with Crippen molar-refractivity contribution in [2.45, 2.75) is 6.54 Å². The summed E-state index contributed by atoms with van der Waals surface area (Å²) in [6.45, 7) is 0.615. The molecule has 5 heteroatoms. The van der Waals surface area contributed by atoms with Crippen molar-refractivity contribution in [1.82, 2.24) is 15.2 Å². The highest BCUT2D eigenvalue weighted by Gasteiger charge is 2.07. The molecule has 20 heavy (non-hydrogen) atoms. The number of benzene rings is 1. The summed E-state index contributed by atoms with van der Waals surface area (Å²) >= 11 is 0. The number of pyridine rings is 1. The minimum atomic E-state index is 0.245. The van der Waals surface area contributed by atoms with Gasteiger partial charge in [0.05, 0.1) is 11.9 Å². The monoisotopic (exact) mass is 266 g/mol. The molecule has 0 atom stereocenters. The highest BCUT2D eigenvalue weighted by Crippen LogP contribution is 2.22. The Morgan fingerprint density at radius 3 is 2.90 bits per heavy atom. The number of aromatic nitrogens is 3. The third-order valence-electron chi connectivity index (χ3n) is 3.00. The van der Waals surface area contributed by atoms with Gasteiger partial charge in [-0.05, 0) is 24.3 Å². The molecule has 3 rings (SSSR count). The van der Waals surface area contributed by atoms with Gasteiger partial charge >= 0.3 is 0 Å². The van der Waals surface area contributed by atoms with Gasteiger partial charge in [0, 0.05) is 41.8 Å². The van der Waals surface area contributed by atoms with Crippen molar-refractivity contribution in [3.63, 3.8) is 0 Å². The number of anilines is 1. The van der Waals surface area contributed by atoms with E-state index in [1.54, 1.807) is 36.8 Å². The van der Waals surface area contributed by atoms with Gasteiger partial charge in [0.25, 0.3) is 0 Å². The first-order chi connectivity index (χ1) is 9.83. The van der Waals surface area contributed by atoms with Crippen LogP contribution in [0.4, 0.5) is 5.69 Å². The van der Waals surface area contributed by atoms with Crippen molar-refractivity contribution >= 4 is 5.69 Å². The SMILES string of the molecule is Oc1cccc(NCc2cn[nH]c2-c2cccnc2)c1. The maximum atomic E-state index is 9.44. The smallest absolute Gasteiger partial charge is 0.117 e. The van der Waals surface area contributed by atoms with Gasteiger partial charge in [0.15, 0.2) is 0 Å². The third kappa shape index (κ3) is 2.61. The largest absolute Gasteiger partial charge is 0.508 e. The molecular formula is C15H14N4O. The number of nitrogens with one attached hydrogen (secondary N) is 2. The molecule has 100 valence electrons. The highest BCUT2D eigenvalue weighted by molar-refractivity contribution is 5.62. The van der Waals surface area contributed by atoms with Crippen molar-refractivity contribution in [2.75, 3.05) is 5.32 Å². The minimum Gasteiger partial charge on any atom is -0.508 e. The molecule has 0 amide bonds. The Morgan fingerprint density at radius 1 is 1.15 bits per heavy atom. The maximum Gasteiger partial charge on any atom is 0.117 e. The highest BCUT2D eigenvalue weighted by atomic mass is 16.3. The van der Waals surface area contributed by atoms with Gasteiger partial charge in [-0.3, -0.25) is 10.1 Å². The summed E-state index contributed by atoms with van der Waals surface area (Å²) in [6.07, 6.45) is 5.33. The fraction of sp³-hybridized carbons (Fsp3) is 0.0667. The quantitative estimate of drug-likeness (QED) is 0.679. The molecule has 1 aromatic carbocycles. The van der Waals surface area contributed by atoms with Crippen molar-refractivity contribution in [3.8, 4) is 17.0 Å². The molecule has 2 aromatic heterocycles. The standard InChI is InChI=1S/C15H14N4O/c20-14-5-1-4-13(7-14)17-9-12-10-18-19-15(12)11-3-2-6-16-8-11/h1-8,10,17,20H,9H2,(H,18,19). The lowest BCUT2D eigenvalue weighted by atomic mass is 10.1. The summed E-state index contributed by atoms with van der Waals surface area (Å²) in [5.41, 5.74) is 3.85. The summed E-state index contributed by atoms with van der Waals surface area (Å²) < 4.78 is 0. The maximum absolute atomic E-state index is 9.44. The van der Waals surface area contributed by atoms with Gasteiger partial charge in [0.1, 0.15) is 5.75 Å². The lowest BCUT2D eigenvalue weighted by Crippen LogP contribution is -1.99. The van der Waals surface area contributed by atoms with Gasteiger partial charge in [-0.1, -0.05) is 6.07 Å². The Hall–Kier alpha value is -2.82. The Kier molecular flexibility index (Phi) is 3.33. The first-order valence-electron chi connectivity index (χ1n) is 6.28. The fourth-order valence-electron chi connectivity index (χ4n) is 2.02. The van der Waals surface area contributed by atoms with Crippen LogP contribution in [0, 0.1) is 0 Å². The molecule has 0 saturated heterocycles. The molecule has 0 bridgehead atoms. The van der Waals surface area contributed by atoms with Gasteiger partial charge in [-0.25, -0.2) is 0 Å². The zero-order chi connectivity index (χ0) is 13.8. The van der Waals surface area contributed by atoms with Crippen molar-refractivity contribution in [3.05, 3.63) is 60.6 Å². The van der Waals surface area contributed by atoms with Gasteiger partial charge < -0.3 is 10.4 Å². The Labute approximate surface area is 116 Å². The van der Waals surface area contributed by atoms with E-state index in [2.05, 4.69) is 20.5 Å². The van der Waals surface area contributed by atoms with Gasteiger partial charge in [0.2, 0.25) is 0 Å². The second-order valence-electron chi connectivity index (χ2n) is 4.42. The number of nitrogens with zero attached hydrogens (tertiary/aromatic N) is 2. The summed E-state index contributed by atoms with van der Waals surface area (Å²) in [5, 5.41) is 19.8. The summed E-state index contributed by atoms with van der Waals surface area (Å²) in [4.78, 5) is 4.11. The zero-order valence-corrected chi connectivity index (χ0v) is 10.7. The Morgan fingerprint density at radius 2 is 2.10 bits per heavy atom. The van der Waals surface area contributed by atoms with Gasteiger partial charge in [-0.2, -0.15) is 5.10 Å².